The van der Waals surface area contributed by atoms with Crippen molar-refractivity contribution in [1.29, 1.82) is 0 Å². The summed E-state index contributed by atoms with van der Waals surface area (Å²) in [6.45, 7) is 0. The zero-order valence-electron chi connectivity index (χ0n) is 6.45. The van der Waals surface area contributed by atoms with Gasteiger partial charge in [-0.2, -0.15) is 13.2 Å². The predicted octanol–water partition coefficient (Wildman–Crippen LogP) is 1.71. The molecule has 14 heavy (non-hydrogen) atoms. The van der Waals surface area contributed by atoms with Gasteiger partial charge in [0.1, 0.15) is 0 Å². The number of rotatable bonds is 1. The van der Waals surface area contributed by atoms with Gasteiger partial charge in [0, 0.05) is 0 Å². The zero-order valence-corrected chi connectivity index (χ0v) is 6.45. The second-order valence-electron chi connectivity index (χ2n) is 2.31. The van der Waals surface area contributed by atoms with Crippen LogP contribution in [0.15, 0.2) is 12.3 Å². The number of nitro groups is 1. The van der Waals surface area contributed by atoms with Crippen molar-refractivity contribution < 1.29 is 23.2 Å². The third kappa shape index (κ3) is 1.90. The lowest BCUT2D eigenvalue weighted by Gasteiger charge is -2.05. The average molecular weight is 208 g/mol. The highest BCUT2D eigenvalue weighted by molar-refractivity contribution is 5.43. The lowest BCUT2D eigenvalue weighted by Crippen LogP contribution is -2.09. The molecule has 1 rings (SSSR count). The molecule has 0 saturated carbocycles. The Bertz CT molecular complexity index is 377. The van der Waals surface area contributed by atoms with Crippen LogP contribution in [0.3, 0.4) is 0 Å². The Morgan fingerprint density at radius 2 is 2.07 bits per heavy atom. The number of hydrogen-bond acceptors (Lipinski definition) is 4. The molecule has 0 atom stereocenters. The van der Waals surface area contributed by atoms with Crippen molar-refractivity contribution in [2.75, 3.05) is 0 Å². The Morgan fingerprint density at radius 1 is 1.50 bits per heavy atom. The van der Waals surface area contributed by atoms with E-state index in [1.807, 2.05) is 0 Å². The van der Waals surface area contributed by atoms with Gasteiger partial charge in [0.2, 0.25) is 5.88 Å². The summed E-state index contributed by atoms with van der Waals surface area (Å²) < 4.78 is 36.3. The fraction of sp³-hybridized carbons (Fsp3) is 0.167. The normalized spacial score (nSPS) is 11.4. The Hall–Kier alpha value is -1.86. The minimum Gasteiger partial charge on any atom is -0.493 e. The first kappa shape index (κ1) is 10.2. The van der Waals surface area contributed by atoms with E-state index in [9.17, 15) is 23.3 Å². The molecule has 0 aliphatic heterocycles. The molecule has 0 aliphatic carbocycles. The zero-order chi connectivity index (χ0) is 10.9. The highest BCUT2D eigenvalue weighted by Gasteiger charge is 2.38. The monoisotopic (exact) mass is 208 g/mol. The van der Waals surface area contributed by atoms with Gasteiger partial charge in [-0.25, -0.2) is 4.98 Å². The molecule has 5 nitrogen and oxygen atoms in total. The number of aromatic nitrogens is 1. The van der Waals surface area contributed by atoms with Gasteiger partial charge in [0.05, 0.1) is 17.2 Å². The molecule has 1 aromatic rings. The Kier molecular flexibility index (Phi) is 2.28. The molecule has 0 bridgehead atoms. The van der Waals surface area contributed by atoms with Crippen LogP contribution >= 0.6 is 0 Å². The lowest BCUT2D eigenvalue weighted by atomic mass is 10.2. The van der Waals surface area contributed by atoms with Crippen LogP contribution in [-0.2, 0) is 6.18 Å². The van der Waals surface area contributed by atoms with Gasteiger partial charge < -0.3 is 5.11 Å². The van der Waals surface area contributed by atoms with E-state index in [1.165, 1.54) is 0 Å². The van der Waals surface area contributed by atoms with E-state index in [-0.39, 0.29) is 6.20 Å². The summed E-state index contributed by atoms with van der Waals surface area (Å²) in [4.78, 5) is 11.9. The molecule has 0 aliphatic rings. The van der Waals surface area contributed by atoms with Gasteiger partial charge in [-0.3, -0.25) is 10.1 Å². The van der Waals surface area contributed by atoms with E-state index in [4.69, 9.17) is 5.11 Å². The van der Waals surface area contributed by atoms with Gasteiger partial charge >= 0.3 is 6.18 Å². The van der Waals surface area contributed by atoms with Crippen molar-refractivity contribution in [3.63, 3.8) is 0 Å². The van der Waals surface area contributed by atoms with Gasteiger partial charge in [0.25, 0.3) is 5.69 Å². The van der Waals surface area contributed by atoms with Gasteiger partial charge in [-0.05, 0) is 0 Å². The van der Waals surface area contributed by atoms with Crippen LogP contribution in [0, 0.1) is 10.1 Å². The molecule has 0 amide bonds. The van der Waals surface area contributed by atoms with Crippen molar-refractivity contribution in [2.45, 2.75) is 6.18 Å². The maximum absolute atomic E-state index is 12.1. The summed E-state index contributed by atoms with van der Waals surface area (Å²) in [6, 6.07) is 0.350. The number of nitrogens with zero attached hydrogens (tertiary/aromatic N) is 2. The molecule has 1 aromatic heterocycles. The Balaban J connectivity index is 3.37. The second kappa shape index (κ2) is 3.13. The minimum atomic E-state index is -4.86. The summed E-state index contributed by atoms with van der Waals surface area (Å²) in [5.74, 6) is -0.829. The number of alkyl halides is 3. The van der Waals surface area contributed by atoms with Gasteiger partial charge in [0.15, 0.2) is 5.56 Å². The van der Waals surface area contributed by atoms with Gasteiger partial charge in [-0.1, -0.05) is 0 Å². The summed E-state index contributed by atoms with van der Waals surface area (Å²) in [6.07, 6.45) is -4.64. The first-order valence-electron chi connectivity index (χ1n) is 3.23. The third-order valence-corrected chi connectivity index (χ3v) is 1.37. The van der Waals surface area contributed by atoms with Crippen LogP contribution in [-0.4, -0.2) is 15.0 Å². The summed E-state index contributed by atoms with van der Waals surface area (Å²) >= 11 is 0. The van der Waals surface area contributed by atoms with Crippen LogP contribution in [0.4, 0.5) is 18.9 Å². The van der Waals surface area contributed by atoms with Crippen molar-refractivity contribution in [3.8, 4) is 5.88 Å². The van der Waals surface area contributed by atoms with Gasteiger partial charge in [-0.15, -0.1) is 0 Å². The van der Waals surface area contributed by atoms with Crippen LogP contribution < -0.4 is 0 Å². The minimum absolute atomic E-state index is 0.216. The molecule has 0 saturated heterocycles. The highest BCUT2D eigenvalue weighted by Crippen LogP contribution is 2.36. The number of hydrogen-bond donors (Lipinski definition) is 1. The Labute approximate surface area is 75.0 Å². The molecule has 0 aromatic carbocycles. The fourth-order valence-corrected chi connectivity index (χ4v) is 0.804. The quantitative estimate of drug-likeness (QED) is 0.563. The Morgan fingerprint density at radius 3 is 2.50 bits per heavy atom. The molecular weight excluding hydrogens is 205 g/mol. The number of aromatic hydroxyl groups is 1. The number of pyridine rings is 1. The van der Waals surface area contributed by atoms with E-state index in [2.05, 4.69) is 4.98 Å². The molecule has 8 heteroatoms. The number of halogens is 3. The third-order valence-electron chi connectivity index (χ3n) is 1.37. The van der Waals surface area contributed by atoms with Crippen molar-refractivity contribution >= 4 is 5.69 Å². The molecule has 76 valence electrons. The summed E-state index contributed by atoms with van der Waals surface area (Å²) in [5.41, 5.74) is -2.70. The average Bonchev–Trinajstić information content (AvgIpc) is 2.01. The maximum Gasteiger partial charge on any atom is 0.424 e. The van der Waals surface area contributed by atoms with E-state index in [0.717, 1.165) is 0 Å². The molecular formula is C6H3F3N2O3. The maximum atomic E-state index is 12.1. The van der Waals surface area contributed by atoms with E-state index in [1.54, 1.807) is 0 Å². The van der Waals surface area contributed by atoms with E-state index < -0.39 is 28.2 Å². The first-order valence-corrected chi connectivity index (χ1v) is 3.23. The van der Waals surface area contributed by atoms with E-state index in [0.29, 0.717) is 6.07 Å². The largest absolute Gasteiger partial charge is 0.493 e. The van der Waals surface area contributed by atoms with Crippen LogP contribution in [0.25, 0.3) is 0 Å². The molecule has 1 heterocycles. The standard InChI is InChI=1S/C6H3F3N2O3/c7-6(8,9)3-2-10-5(12)1-4(3)11(13)14/h1-2H,(H,10,12). The molecule has 0 spiro atoms. The second-order valence-corrected chi connectivity index (χ2v) is 2.31. The van der Waals surface area contributed by atoms with Crippen LogP contribution in [0.2, 0.25) is 0 Å². The first-order chi connectivity index (χ1) is 6.32. The highest BCUT2D eigenvalue weighted by atomic mass is 19.4. The van der Waals surface area contributed by atoms with Crippen molar-refractivity contribution in [2.24, 2.45) is 0 Å². The fourth-order valence-electron chi connectivity index (χ4n) is 0.804. The van der Waals surface area contributed by atoms with Crippen LogP contribution in [0.1, 0.15) is 5.56 Å². The molecule has 0 radical (unpaired) electrons. The van der Waals surface area contributed by atoms with Crippen molar-refractivity contribution in [3.05, 3.63) is 27.9 Å². The lowest BCUT2D eigenvalue weighted by molar-refractivity contribution is -0.388. The molecule has 0 unspecified atom stereocenters. The smallest absolute Gasteiger partial charge is 0.424 e. The topological polar surface area (TPSA) is 76.3 Å². The van der Waals surface area contributed by atoms with E-state index >= 15 is 0 Å². The van der Waals surface area contributed by atoms with Crippen LogP contribution in [0.5, 0.6) is 5.88 Å². The molecule has 0 fully saturated rings. The molecule has 1 N–H and O–H groups in total. The summed E-state index contributed by atoms with van der Waals surface area (Å²) in [5, 5.41) is 18.9. The predicted molar refractivity (Wildman–Crippen MR) is 37.6 cm³/mol. The SMILES string of the molecule is O=[N+]([O-])c1cc(O)ncc1C(F)(F)F. The van der Waals surface area contributed by atoms with Crippen molar-refractivity contribution in [1.82, 2.24) is 4.98 Å². The summed E-state index contributed by atoms with van der Waals surface area (Å²) in [7, 11) is 0.